The van der Waals surface area contributed by atoms with Crippen LogP contribution in [0.25, 0.3) is 0 Å². The largest absolute Gasteiger partial charge is 0.469 e. The lowest BCUT2D eigenvalue weighted by atomic mass is 9.97. The molecule has 15 heavy (non-hydrogen) atoms. The molecule has 0 radical (unpaired) electrons. The van der Waals surface area contributed by atoms with Crippen LogP contribution in [0, 0.1) is 5.92 Å². The van der Waals surface area contributed by atoms with Gasteiger partial charge in [0.05, 0.1) is 13.0 Å². The van der Waals surface area contributed by atoms with Crippen molar-refractivity contribution in [2.24, 2.45) is 5.92 Å². The molecule has 4 heteroatoms. The first-order chi connectivity index (χ1) is 7.27. The van der Waals surface area contributed by atoms with Gasteiger partial charge in [0.2, 0.25) is 0 Å². The summed E-state index contributed by atoms with van der Waals surface area (Å²) in [5, 5.41) is 0. The molecule has 86 valence electrons. The number of hydrogen-bond donors (Lipinski definition) is 0. The van der Waals surface area contributed by atoms with Crippen LogP contribution in [0.15, 0.2) is 12.2 Å². The summed E-state index contributed by atoms with van der Waals surface area (Å²) in [5.41, 5.74) is 0. The lowest BCUT2D eigenvalue weighted by Crippen LogP contribution is -2.36. The quantitative estimate of drug-likeness (QED) is 0.419. The Bertz CT molecular complexity index is 223. The van der Waals surface area contributed by atoms with Gasteiger partial charge >= 0.3 is 5.97 Å². The van der Waals surface area contributed by atoms with Gasteiger partial charge in [-0.05, 0) is 25.9 Å². The fraction of sp³-hybridized carbons (Fsp3) is 0.727. The molecule has 0 aliphatic carbocycles. The van der Waals surface area contributed by atoms with E-state index in [1.807, 2.05) is 6.08 Å². The minimum Gasteiger partial charge on any atom is -0.469 e. The first kappa shape index (κ1) is 12.5. The number of alkyl halides is 1. The van der Waals surface area contributed by atoms with Crippen molar-refractivity contribution in [3.8, 4) is 0 Å². The second kappa shape index (κ2) is 6.85. The normalized spacial score (nSPS) is 19.6. The number of likely N-dealkylation sites (tertiary alicyclic amines) is 1. The number of hydrogen-bond acceptors (Lipinski definition) is 3. The van der Waals surface area contributed by atoms with E-state index >= 15 is 0 Å². The van der Waals surface area contributed by atoms with E-state index in [-0.39, 0.29) is 11.9 Å². The van der Waals surface area contributed by atoms with Crippen LogP contribution in [0.5, 0.6) is 0 Å². The number of piperidine rings is 1. The van der Waals surface area contributed by atoms with E-state index in [0.29, 0.717) is 5.88 Å². The van der Waals surface area contributed by atoms with Gasteiger partial charge in [-0.1, -0.05) is 12.2 Å². The maximum absolute atomic E-state index is 11.3. The van der Waals surface area contributed by atoms with Crippen molar-refractivity contribution in [3.05, 3.63) is 12.2 Å². The molecule has 1 saturated heterocycles. The van der Waals surface area contributed by atoms with Gasteiger partial charge in [-0.15, -0.1) is 11.6 Å². The molecule has 3 nitrogen and oxygen atoms in total. The number of allylic oxidation sites excluding steroid dienone is 1. The standard InChI is InChI=1S/C11H18ClNO2/c1-15-11(14)10-4-8-13(9-5-10)7-3-2-6-12/h2-3,10H,4-9H2,1H3. The number of carbonyl (C=O) groups excluding carboxylic acids is 1. The maximum atomic E-state index is 11.3. The van der Waals surface area contributed by atoms with Crippen LogP contribution in [-0.4, -0.2) is 43.5 Å². The fourth-order valence-corrected chi connectivity index (χ4v) is 1.93. The number of rotatable bonds is 4. The van der Waals surface area contributed by atoms with Crippen molar-refractivity contribution in [1.29, 1.82) is 0 Å². The second-order valence-electron chi connectivity index (χ2n) is 3.72. The zero-order valence-corrected chi connectivity index (χ0v) is 9.87. The smallest absolute Gasteiger partial charge is 0.308 e. The first-order valence-corrected chi connectivity index (χ1v) is 5.82. The fourth-order valence-electron chi connectivity index (χ4n) is 1.80. The molecule has 0 aromatic carbocycles. The third-order valence-corrected chi connectivity index (χ3v) is 2.92. The third kappa shape index (κ3) is 4.22. The van der Waals surface area contributed by atoms with E-state index in [1.54, 1.807) is 0 Å². The van der Waals surface area contributed by atoms with Crippen molar-refractivity contribution in [2.75, 3.05) is 32.6 Å². The molecule has 0 amide bonds. The summed E-state index contributed by atoms with van der Waals surface area (Å²) in [6.45, 7) is 2.86. The van der Waals surface area contributed by atoms with E-state index in [2.05, 4.69) is 11.0 Å². The van der Waals surface area contributed by atoms with E-state index in [0.717, 1.165) is 32.5 Å². The van der Waals surface area contributed by atoms with Crippen molar-refractivity contribution in [1.82, 2.24) is 4.90 Å². The third-order valence-electron chi connectivity index (χ3n) is 2.74. The minimum absolute atomic E-state index is 0.0639. The van der Waals surface area contributed by atoms with Gasteiger partial charge in [-0.3, -0.25) is 9.69 Å². The Morgan fingerprint density at radius 2 is 2.13 bits per heavy atom. The van der Waals surface area contributed by atoms with Gasteiger partial charge in [0.25, 0.3) is 0 Å². The Morgan fingerprint density at radius 1 is 1.47 bits per heavy atom. The second-order valence-corrected chi connectivity index (χ2v) is 4.03. The molecule has 0 N–H and O–H groups in total. The summed E-state index contributed by atoms with van der Waals surface area (Å²) in [4.78, 5) is 13.6. The molecular weight excluding hydrogens is 214 g/mol. The van der Waals surface area contributed by atoms with E-state index in [4.69, 9.17) is 16.3 Å². The molecule has 1 fully saturated rings. The Balaban J connectivity index is 2.23. The molecule has 1 aliphatic rings. The zero-order valence-electron chi connectivity index (χ0n) is 9.12. The highest BCUT2D eigenvalue weighted by Crippen LogP contribution is 2.17. The van der Waals surface area contributed by atoms with Crippen LogP contribution in [0.1, 0.15) is 12.8 Å². The van der Waals surface area contributed by atoms with Gasteiger partial charge < -0.3 is 4.74 Å². The highest BCUT2D eigenvalue weighted by Gasteiger charge is 2.24. The van der Waals surface area contributed by atoms with Crippen LogP contribution in [-0.2, 0) is 9.53 Å². The molecule has 0 unspecified atom stereocenters. The van der Waals surface area contributed by atoms with Crippen LogP contribution >= 0.6 is 11.6 Å². The number of esters is 1. The number of ether oxygens (including phenoxy) is 1. The molecular formula is C11H18ClNO2. The average Bonchev–Trinajstić information content (AvgIpc) is 2.29. The minimum atomic E-state index is -0.0639. The Morgan fingerprint density at radius 3 is 2.67 bits per heavy atom. The van der Waals surface area contributed by atoms with Gasteiger partial charge in [0.15, 0.2) is 0 Å². The highest BCUT2D eigenvalue weighted by atomic mass is 35.5. The Labute approximate surface area is 96.0 Å². The Hall–Kier alpha value is -0.540. The lowest BCUT2D eigenvalue weighted by Gasteiger charge is -2.29. The summed E-state index contributed by atoms with van der Waals surface area (Å²) in [7, 11) is 1.46. The molecule has 0 aromatic rings. The zero-order chi connectivity index (χ0) is 11.1. The maximum Gasteiger partial charge on any atom is 0.308 e. The van der Waals surface area contributed by atoms with Gasteiger partial charge in [0.1, 0.15) is 0 Å². The monoisotopic (exact) mass is 231 g/mol. The summed E-state index contributed by atoms with van der Waals surface area (Å²) >= 11 is 5.54. The SMILES string of the molecule is COC(=O)C1CCN(CC=CCCl)CC1. The van der Waals surface area contributed by atoms with Crippen molar-refractivity contribution >= 4 is 17.6 Å². The molecule has 0 bridgehead atoms. The molecule has 1 aliphatic heterocycles. The summed E-state index contributed by atoms with van der Waals surface area (Å²) < 4.78 is 4.73. The summed E-state index contributed by atoms with van der Waals surface area (Å²) in [5.74, 6) is 0.604. The van der Waals surface area contributed by atoms with Crippen molar-refractivity contribution < 1.29 is 9.53 Å². The van der Waals surface area contributed by atoms with Crippen LogP contribution in [0.3, 0.4) is 0 Å². The highest BCUT2D eigenvalue weighted by molar-refractivity contribution is 6.18. The van der Waals surface area contributed by atoms with Crippen LogP contribution in [0.4, 0.5) is 0 Å². The van der Waals surface area contributed by atoms with Crippen LogP contribution < -0.4 is 0 Å². The Kier molecular flexibility index (Phi) is 5.73. The van der Waals surface area contributed by atoms with E-state index in [1.165, 1.54) is 7.11 Å². The number of halogens is 1. The van der Waals surface area contributed by atoms with E-state index < -0.39 is 0 Å². The lowest BCUT2D eigenvalue weighted by molar-refractivity contribution is -0.147. The topological polar surface area (TPSA) is 29.5 Å². The van der Waals surface area contributed by atoms with Crippen LogP contribution in [0.2, 0.25) is 0 Å². The molecule has 0 atom stereocenters. The summed E-state index contributed by atoms with van der Waals surface area (Å²) in [6, 6.07) is 0. The number of carbonyl (C=O) groups is 1. The molecule has 0 spiro atoms. The molecule has 1 heterocycles. The van der Waals surface area contributed by atoms with Gasteiger partial charge in [0, 0.05) is 12.4 Å². The van der Waals surface area contributed by atoms with E-state index in [9.17, 15) is 4.79 Å². The van der Waals surface area contributed by atoms with Crippen molar-refractivity contribution in [2.45, 2.75) is 12.8 Å². The molecule has 1 rings (SSSR count). The number of nitrogens with zero attached hydrogens (tertiary/aromatic N) is 1. The summed E-state index contributed by atoms with van der Waals surface area (Å²) in [6.07, 6.45) is 5.84. The molecule has 0 saturated carbocycles. The predicted octanol–water partition coefficient (Wildman–Crippen LogP) is 1.67. The first-order valence-electron chi connectivity index (χ1n) is 5.29. The van der Waals surface area contributed by atoms with Crippen molar-refractivity contribution in [3.63, 3.8) is 0 Å². The van der Waals surface area contributed by atoms with Gasteiger partial charge in [-0.25, -0.2) is 0 Å². The van der Waals surface area contributed by atoms with Gasteiger partial charge in [-0.2, -0.15) is 0 Å². The molecule has 0 aromatic heterocycles. The predicted molar refractivity (Wildman–Crippen MR) is 61.0 cm³/mol. The average molecular weight is 232 g/mol. The number of methoxy groups -OCH3 is 1.